The highest BCUT2D eigenvalue weighted by atomic mass is 32.1. The lowest BCUT2D eigenvalue weighted by Gasteiger charge is -2.24. The van der Waals surface area contributed by atoms with Crippen LogP contribution in [-0.2, 0) is 16.0 Å². The molecular formula is C22H25NO3S. The van der Waals surface area contributed by atoms with Crippen LogP contribution in [0.4, 0.5) is 0 Å². The molecule has 5 heteroatoms. The van der Waals surface area contributed by atoms with Gasteiger partial charge in [0.1, 0.15) is 5.76 Å². The number of thiophene rings is 1. The van der Waals surface area contributed by atoms with Gasteiger partial charge in [-0.1, -0.05) is 44.5 Å². The molecule has 0 spiro atoms. The molecule has 1 unspecified atom stereocenters. The zero-order valence-corrected chi connectivity index (χ0v) is 16.8. The average Bonchev–Trinajstić information content (AvgIpc) is 3.21. The minimum atomic E-state index is -0.596. The van der Waals surface area contributed by atoms with Gasteiger partial charge in [0.2, 0.25) is 0 Å². The summed E-state index contributed by atoms with van der Waals surface area (Å²) in [6.07, 6.45) is 2.65. The number of hydrogen-bond donors (Lipinski definition) is 1. The van der Waals surface area contributed by atoms with E-state index in [-0.39, 0.29) is 11.3 Å². The van der Waals surface area contributed by atoms with Gasteiger partial charge in [-0.25, -0.2) is 0 Å². The number of hydrogen-bond acceptors (Lipinski definition) is 4. The van der Waals surface area contributed by atoms with Gasteiger partial charge in [0, 0.05) is 17.0 Å². The molecule has 1 aliphatic heterocycles. The normalized spacial score (nSPS) is 19.1. The summed E-state index contributed by atoms with van der Waals surface area (Å²) in [6, 6.07) is 8.97. The van der Waals surface area contributed by atoms with Crippen molar-refractivity contribution in [1.29, 1.82) is 0 Å². The van der Waals surface area contributed by atoms with Crippen molar-refractivity contribution in [3.05, 3.63) is 62.9 Å². The zero-order chi connectivity index (χ0) is 19.6. The molecule has 27 heavy (non-hydrogen) atoms. The SMILES string of the molecule is CCCCN1C(=O)C(=O)/C(=C(\O)c2ccc(CC)cc2)C1c1sccc1C. The number of carbonyl (C=O) groups is 2. The first kappa shape index (κ1) is 19.4. The first-order valence-electron chi connectivity index (χ1n) is 9.41. The van der Waals surface area contributed by atoms with E-state index in [4.69, 9.17) is 0 Å². The molecule has 0 saturated carbocycles. The van der Waals surface area contributed by atoms with E-state index in [9.17, 15) is 14.7 Å². The quantitative estimate of drug-likeness (QED) is 0.441. The fourth-order valence-electron chi connectivity index (χ4n) is 3.43. The van der Waals surface area contributed by atoms with E-state index in [1.54, 1.807) is 4.90 Å². The third-order valence-corrected chi connectivity index (χ3v) is 6.15. The molecule has 3 rings (SSSR count). The zero-order valence-electron chi connectivity index (χ0n) is 16.0. The van der Waals surface area contributed by atoms with Crippen molar-refractivity contribution in [2.45, 2.75) is 46.1 Å². The van der Waals surface area contributed by atoms with Gasteiger partial charge in [-0.05, 0) is 42.3 Å². The van der Waals surface area contributed by atoms with Crippen LogP contribution in [0.25, 0.3) is 5.76 Å². The highest BCUT2D eigenvalue weighted by Gasteiger charge is 2.46. The number of aliphatic hydroxyl groups excluding tert-OH is 1. The second kappa shape index (κ2) is 8.09. The van der Waals surface area contributed by atoms with Crippen molar-refractivity contribution in [2.75, 3.05) is 6.54 Å². The third kappa shape index (κ3) is 3.56. The Kier molecular flexibility index (Phi) is 5.80. The predicted octanol–water partition coefficient (Wildman–Crippen LogP) is 4.84. The number of aryl methyl sites for hydroxylation is 2. The van der Waals surface area contributed by atoms with Crippen molar-refractivity contribution in [3.8, 4) is 0 Å². The Balaban J connectivity index is 2.13. The maximum atomic E-state index is 12.8. The van der Waals surface area contributed by atoms with Gasteiger partial charge < -0.3 is 10.0 Å². The topological polar surface area (TPSA) is 57.6 Å². The number of benzene rings is 1. The number of unbranched alkanes of at least 4 members (excludes halogenated alkanes) is 1. The standard InChI is InChI=1S/C22H25NO3S/c1-4-6-12-23-18(21-14(3)11-13-27-21)17(20(25)22(23)26)19(24)16-9-7-15(5-2)8-10-16/h7-11,13,18,24H,4-6,12H2,1-3H3/b19-17-. The summed E-state index contributed by atoms with van der Waals surface area (Å²) in [7, 11) is 0. The molecular weight excluding hydrogens is 358 g/mol. The van der Waals surface area contributed by atoms with Crippen molar-refractivity contribution >= 4 is 28.8 Å². The molecule has 4 nitrogen and oxygen atoms in total. The van der Waals surface area contributed by atoms with Crippen LogP contribution in [0.5, 0.6) is 0 Å². The highest BCUT2D eigenvalue weighted by molar-refractivity contribution is 7.10. The molecule has 1 saturated heterocycles. The van der Waals surface area contributed by atoms with E-state index in [1.165, 1.54) is 11.3 Å². The number of Topliss-reactive ketones (excluding diaryl/α,β-unsaturated/α-hetero) is 1. The van der Waals surface area contributed by atoms with Crippen LogP contribution < -0.4 is 0 Å². The second-order valence-electron chi connectivity index (χ2n) is 6.86. The molecule has 0 bridgehead atoms. The number of rotatable bonds is 6. The molecule has 2 heterocycles. The first-order chi connectivity index (χ1) is 13.0. The lowest BCUT2D eigenvalue weighted by atomic mass is 9.97. The van der Waals surface area contributed by atoms with Crippen LogP contribution in [0.15, 0.2) is 41.3 Å². The largest absolute Gasteiger partial charge is 0.507 e. The van der Waals surface area contributed by atoms with E-state index in [2.05, 4.69) is 13.8 Å². The molecule has 2 aromatic rings. The summed E-state index contributed by atoms with van der Waals surface area (Å²) in [5, 5.41) is 12.9. The van der Waals surface area contributed by atoms with Gasteiger partial charge in [0.05, 0.1) is 11.6 Å². The Morgan fingerprint density at radius 1 is 1.15 bits per heavy atom. The number of nitrogens with zero attached hydrogens (tertiary/aromatic N) is 1. The summed E-state index contributed by atoms with van der Waals surface area (Å²) in [5.74, 6) is -1.21. The van der Waals surface area contributed by atoms with Crippen LogP contribution in [0, 0.1) is 6.92 Å². The molecule has 1 amide bonds. The Morgan fingerprint density at radius 2 is 1.85 bits per heavy atom. The van der Waals surface area contributed by atoms with Gasteiger partial charge in [-0.15, -0.1) is 11.3 Å². The molecule has 142 valence electrons. The van der Waals surface area contributed by atoms with E-state index < -0.39 is 17.7 Å². The summed E-state index contributed by atoms with van der Waals surface area (Å²) in [4.78, 5) is 28.1. The Bertz CT molecular complexity index is 879. The van der Waals surface area contributed by atoms with Crippen molar-refractivity contribution in [1.82, 2.24) is 4.90 Å². The van der Waals surface area contributed by atoms with E-state index in [0.717, 1.165) is 35.3 Å². The van der Waals surface area contributed by atoms with Crippen molar-refractivity contribution < 1.29 is 14.7 Å². The van der Waals surface area contributed by atoms with Crippen LogP contribution >= 0.6 is 11.3 Å². The van der Waals surface area contributed by atoms with Gasteiger partial charge in [-0.3, -0.25) is 9.59 Å². The van der Waals surface area contributed by atoms with Gasteiger partial charge in [-0.2, -0.15) is 0 Å². The minimum absolute atomic E-state index is 0.0900. The number of ketones is 1. The van der Waals surface area contributed by atoms with Crippen LogP contribution in [0.3, 0.4) is 0 Å². The van der Waals surface area contributed by atoms with E-state index in [1.807, 2.05) is 42.6 Å². The Morgan fingerprint density at radius 3 is 2.41 bits per heavy atom. The summed E-state index contributed by atoms with van der Waals surface area (Å²) in [5.41, 5.74) is 2.95. The fraction of sp³-hybridized carbons (Fsp3) is 0.364. The first-order valence-corrected chi connectivity index (χ1v) is 10.3. The molecule has 1 aliphatic rings. The molecule has 1 atom stereocenters. The molecule has 1 fully saturated rings. The number of aliphatic hydroxyl groups is 1. The number of amides is 1. The third-order valence-electron chi connectivity index (χ3n) is 5.08. The fourth-order valence-corrected chi connectivity index (χ4v) is 4.48. The average molecular weight is 384 g/mol. The molecule has 1 aromatic carbocycles. The van der Waals surface area contributed by atoms with Gasteiger partial charge in [0.15, 0.2) is 0 Å². The van der Waals surface area contributed by atoms with Gasteiger partial charge >= 0.3 is 0 Å². The maximum Gasteiger partial charge on any atom is 0.295 e. The molecule has 0 aliphatic carbocycles. The van der Waals surface area contributed by atoms with Crippen LogP contribution in [0.2, 0.25) is 0 Å². The van der Waals surface area contributed by atoms with E-state index >= 15 is 0 Å². The molecule has 1 N–H and O–H groups in total. The Hall–Kier alpha value is -2.40. The number of carbonyl (C=O) groups excluding carboxylic acids is 2. The lowest BCUT2D eigenvalue weighted by Crippen LogP contribution is -2.30. The van der Waals surface area contributed by atoms with E-state index in [0.29, 0.717) is 12.1 Å². The summed E-state index contributed by atoms with van der Waals surface area (Å²) in [6.45, 7) is 6.60. The monoisotopic (exact) mass is 383 g/mol. The van der Waals surface area contributed by atoms with Crippen molar-refractivity contribution in [3.63, 3.8) is 0 Å². The smallest absolute Gasteiger partial charge is 0.295 e. The highest BCUT2D eigenvalue weighted by Crippen LogP contribution is 2.42. The predicted molar refractivity (Wildman–Crippen MR) is 109 cm³/mol. The summed E-state index contributed by atoms with van der Waals surface area (Å²) < 4.78 is 0. The van der Waals surface area contributed by atoms with Crippen LogP contribution in [0.1, 0.15) is 54.3 Å². The molecule has 0 radical (unpaired) electrons. The minimum Gasteiger partial charge on any atom is -0.507 e. The lowest BCUT2D eigenvalue weighted by molar-refractivity contribution is -0.139. The Labute approximate surface area is 164 Å². The van der Waals surface area contributed by atoms with Crippen molar-refractivity contribution in [2.24, 2.45) is 0 Å². The van der Waals surface area contributed by atoms with Gasteiger partial charge in [0.25, 0.3) is 11.7 Å². The maximum absolute atomic E-state index is 12.8. The second-order valence-corrected chi connectivity index (χ2v) is 7.81. The van der Waals surface area contributed by atoms with Crippen LogP contribution in [-0.4, -0.2) is 28.2 Å². The number of likely N-dealkylation sites (tertiary alicyclic amines) is 1. The molecule has 1 aromatic heterocycles. The summed E-state index contributed by atoms with van der Waals surface area (Å²) >= 11 is 1.52.